The minimum absolute atomic E-state index is 0.376. The Bertz CT molecular complexity index is 269. The number of hydrogen-bond donors (Lipinski definition) is 1. The molecule has 0 atom stereocenters. The number of ether oxygens (including phenoxy) is 1. The van der Waals surface area contributed by atoms with E-state index in [0.29, 0.717) is 12.5 Å². The molecule has 1 N–H and O–H groups in total. The molecule has 0 fully saturated rings. The molecule has 0 saturated carbocycles. The lowest BCUT2D eigenvalue weighted by Crippen LogP contribution is -2.10. The number of nitrogens with zero attached hydrogens (tertiary/aromatic N) is 1. The first-order chi connectivity index (χ1) is 5.33. The third-order valence-corrected chi connectivity index (χ3v) is 1.11. The highest BCUT2D eigenvalue weighted by Gasteiger charge is 1.91. The number of hydrogen-bond acceptors (Lipinski definition) is 3. The predicted molar refractivity (Wildman–Crippen MR) is 40.6 cm³/mol. The maximum absolute atomic E-state index is 10.6. The fourth-order valence-electron chi connectivity index (χ4n) is 0.648. The van der Waals surface area contributed by atoms with Gasteiger partial charge in [0, 0.05) is 12.3 Å². The summed E-state index contributed by atoms with van der Waals surface area (Å²) in [6.45, 7) is 2.61. The Labute approximate surface area is 64.2 Å². The molecule has 1 aromatic heterocycles. The minimum Gasteiger partial charge on any atom is -0.479 e. The van der Waals surface area contributed by atoms with Crippen LogP contribution in [0.2, 0.25) is 0 Å². The molecule has 0 aromatic carbocycles. The maximum Gasteiger partial charge on any atom is 0.347 e. The van der Waals surface area contributed by atoms with Gasteiger partial charge in [-0.2, -0.15) is 0 Å². The fourth-order valence-corrected chi connectivity index (χ4v) is 0.648. The molecule has 60 valence electrons. The van der Waals surface area contributed by atoms with Crippen molar-refractivity contribution < 1.29 is 4.74 Å². The number of aromatic nitrogens is 2. The zero-order valence-electron chi connectivity index (χ0n) is 6.33. The third-order valence-electron chi connectivity index (χ3n) is 1.11. The molecule has 4 nitrogen and oxygen atoms in total. The van der Waals surface area contributed by atoms with Crippen molar-refractivity contribution in [2.45, 2.75) is 13.3 Å². The molecular formula is C7H10N2O2. The second-order valence-electron chi connectivity index (χ2n) is 2.09. The Morgan fingerprint density at radius 1 is 1.73 bits per heavy atom. The highest BCUT2D eigenvalue weighted by Crippen LogP contribution is 1.99. The van der Waals surface area contributed by atoms with Crippen LogP contribution in [0.15, 0.2) is 17.1 Å². The molecule has 1 aromatic rings. The Kier molecular flexibility index (Phi) is 2.66. The molecule has 11 heavy (non-hydrogen) atoms. The molecular weight excluding hydrogens is 144 g/mol. The normalized spacial score (nSPS) is 9.55. The van der Waals surface area contributed by atoms with E-state index in [4.69, 9.17) is 4.74 Å². The van der Waals surface area contributed by atoms with Gasteiger partial charge >= 0.3 is 5.69 Å². The van der Waals surface area contributed by atoms with Gasteiger partial charge in [0.2, 0.25) is 0 Å². The average Bonchev–Trinajstić information content (AvgIpc) is 2.01. The quantitative estimate of drug-likeness (QED) is 0.692. The first kappa shape index (κ1) is 7.78. The van der Waals surface area contributed by atoms with Gasteiger partial charge in [0.1, 0.15) is 0 Å². The van der Waals surface area contributed by atoms with Gasteiger partial charge in [-0.25, -0.2) is 9.78 Å². The van der Waals surface area contributed by atoms with E-state index in [1.165, 1.54) is 6.20 Å². The molecule has 0 bridgehead atoms. The summed E-state index contributed by atoms with van der Waals surface area (Å²) in [5.41, 5.74) is -0.376. The molecule has 1 heterocycles. The standard InChI is InChI=1S/C7H10N2O2/c1-2-5-11-6-3-4-8-7(10)9-6/h3-4H,2,5H2,1H3,(H,8,9,10). The summed E-state index contributed by atoms with van der Waals surface area (Å²) in [5, 5.41) is 0. The van der Waals surface area contributed by atoms with E-state index < -0.39 is 0 Å². The summed E-state index contributed by atoms with van der Waals surface area (Å²) in [6.07, 6.45) is 2.34. The Balaban J connectivity index is 2.64. The summed E-state index contributed by atoms with van der Waals surface area (Å²) in [4.78, 5) is 16.5. The van der Waals surface area contributed by atoms with Gasteiger partial charge in [-0.1, -0.05) is 6.92 Å². The summed E-state index contributed by atoms with van der Waals surface area (Å²) < 4.78 is 5.14. The molecule has 0 aliphatic rings. The van der Waals surface area contributed by atoms with E-state index in [0.717, 1.165) is 6.42 Å². The molecule has 0 amide bonds. The van der Waals surface area contributed by atoms with Gasteiger partial charge in [-0.15, -0.1) is 0 Å². The van der Waals surface area contributed by atoms with E-state index in [1.807, 2.05) is 6.92 Å². The number of rotatable bonds is 3. The number of nitrogens with one attached hydrogen (secondary N) is 1. The molecule has 0 saturated heterocycles. The van der Waals surface area contributed by atoms with Crippen molar-refractivity contribution >= 4 is 0 Å². The number of aromatic amines is 1. The van der Waals surface area contributed by atoms with Crippen molar-refractivity contribution in [1.29, 1.82) is 0 Å². The molecule has 0 aliphatic heterocycles. The second-order valence-corrected chi connectivity index (χ2v) is 2.09. The van der Waals surface area contributed by atoms with Crippen molar-refractivity contribution in [3.8, 4) is 5.88 Å². The van der Waals surface area contributed by atoms with Gasteiger partial charge < -0.3 is 4.74 Å². The van der Waals surface area contributed by atoms with Crippen LogP contribution in [-0.2, 0) is 0 Å². The summed E-state index contributed by atoms with van der Waals surface area (Å²) in [6, 6.07) is 1.62. The Hall–Kier alpha value is -1.32. The van der Waals surface area contributed by atoms with Crippen molar-refractivity contribution in [3.05, 3.63) is 22.7 Å². The zero-order chi connectivity index (χ0) is 8.10. The maximum atomic E-state index is 10.6. The van der Waals surface area contributed by atoms with Crippen LogP contribution < -0.4 is 10.4 Å². The van der Waals surface area contributed by atoms with Gasteiger partial charge in [-0.05, 0) is 6.42 Å². The van der Waals surface area contributed by atoms with Crippen molar-refractivity contribution in [2.75, 3.05) is 6.61 Å². The Morgan fingerprint density at radius 2 is 2.55 bits per heavy atom. The first-order valence-corrected chi connectivity index (χ1v) is 3.51. The largest absolute Gasteiger partial charge is 0.479 e. The van der Waals surface area contributed by atoms with Gasteiger partial charge in [0.25, 0.3) is 0 Å². The third kappa shape index (κ3) is 2.41. The predicted octanol–water partition coefficient (Wildman–Crippen LogP) is 0.559. The van der Waals surface area contributed by atoms with Crippen LogP contribution in [0.5, 0.6) is 5.88 Å². The van der Waals surface area contributed by atoms with Crippen LogP contribution in [0.3, 0.4) is 0 Å². The van der Waals surface area contributed by atoms with Crippen LogP contribution in [-0.4, -0.2) is 16.6 Å². The lowest BCUT2D eigenvalue weighted by molar-refractivity contribution is 0.303. The number of H-pyrrole nitrogens is 1. The SMILES string of the molecule is CCCOc1ccnc(=O)[nH]1. The van der Waals surface area contributed by atoms with Crippen molar-refractivity contribution in [2.24, 2.45) is 0 Å². The Morgan fingerprint density at radius 3 is 3.18 bits per heavy atom. The molecule has 0 radical (unpaired) electrons. The minimum atomic E-state index is -0.376. The topological polar surface area (TPSA) is 55.0 Å². The van der Waals surface area contributed by atoms with Crippen LogP contribution in [0, 0.1) is 0 Å². The second kappa shape index (κ2) is 3.75. The van der Waals surface area contributed by atoms with Crippen LogP contribution in [0.4, 0.5) is 0 Å². The molecule has 4 heteroatoms. The highest BCUT2D eigenvalue weighted by atomic mass is 16.5. The average molecular weight is 154 g/mol. The van der Waals surface area contributed by atoms with Crippen molar-refractivity contribution in [3.63, 3.8) is 0 Å². The first-order valence-electron chi connectivity index (χ1n) is 3.51. The van der Waals surface area contributed by atoms with Crippen LogP contribution in [0.1, 0.15) is 13.3 Å². The van der Waals surface area contributed by atoms with Crippen LogP contribution in [0.25, 0.3) is 0 Å². The summed E-state index contributed by atoms with van der Waals surface area (Å²) >= 11 is 0. The van der Waals surface area contributed by atoms with Gasteiger partial charge in [-0.3, -0.25) is 4.98 Å². The molecule has 1 rings (SSSR count). The van der Waals surface area contributed by atoms with Gasteiger partial charge in [0.05, 0.1) is 6.61 Å². The molecule has 0 unspecified atom stereocenters. The fraction of sp³-hybridized carbons (Fsp3) is 0.429. The van der Waals surface area contributed by atoms with Crippen LogP contribution >= 0.6 is 0 Å². The lowest BCUT2D eigenvalue weighted by Gasteiger charge is -2.00. The van der Waals surface area contributed by atoms with E-state index in [1.54, 1.807) is 6.07 Å². The summed E-state index contributed by atoms with van der Waals surface area (Å²) in [7, 11) is 0. The smallest absolute Gasteiger partial charge is 0.347 e. The van der Waals surface area contributed by atoms with E-state index in [-0.39, 0.29) is 5.69 Å². The van der Waals surface area contributed by atoms with E-state index >= 15 is 0 Å². The molecule has 0 aliphatic carbocycles. The van der Waals surface area contributed by atoms with Crippen molar-refractivity contribution in [1.82, 2.24) is 9.97 Å². The molecule has 0 spiro atoms. The zero-order valence-corrected chi connectivity index (χ0v) is 6.33. The summed E-state index contributed by atoms with van der Waals surface area (Å²) in [5.74, 6) is 0.479. The van der Waals surface area contributed by atoms with E-state index in [9.17, 15) is 4.79 Å². The lowest BCUT2D eigenvalue weighted by atomic mass is 10.5. The van der Waals surface area contributed by atoms with E-state index in [2.05, 4.69) is 9.97 Å². The monoisotopic (exact) mass is 154 g/mol. The van der Waals surface area contributed by atoms with Gasteiger partial charge in [0.15, 0.2) is 5.88 Å². The highest BCUT2D eigenvalue weighted by molar-refractivity contribution is 5.04.